The normalized spacial score (nSPS) is 14.2. The first-order chi connectivity index (χ1) is 14.6. The van der Waals surface area contributed by atoms with Crippen molar-refractivity contribution >= 4 is 23.1 Å². The Labute approximate surface area is 177 Å². The van der Waals surface area contributed by atoms with Crippen LogP contribution in [-0.4, -0.2) is 11.7 Å². The Morgan fingerprint density at radius 2 is 2.00 bits per heavy atom. The van der Waals surface area contributed by atoms with Crippen LogP contribution in [-0.2, 0) is 19.1 Å². The number of halogens is 4. The summed E-state index contributed by atoms with van der Waals surface area (Å²) < 4.78 is 52.3. The predicted octanol–water partition coefficient (Wildman–Crippen LogP) is 6.57. The van der Waals surface area contributed by atoms with Crippen molar-refractivity contribution in [3.63, 3.8) is 0 Å². The number of rotatable bonds is 6. The van der Waals surface area contributed by atoms with Crippen molar-refractivity contribution in [2.24, 2.45) is 4.99 Å². The van der Waals surface area contributed by atoms with E-state index >= 15 is 0 Å². The number of amides is 2. The van der Waals surface area contributed by atoms with E-state index in [0.29, 0.717) is 24.1 Å². The summed E-state index contributed by atoms with van der Waals surface area (Å²) in [4.78, 5) is 18.0. The number of fused-ring (bicyclic) bond motifs is 1. The van der Waals surface area contributed by atoms with E-state index in [9.17, 15) is 22.4 Å². The molecular formula is C23H21F4N3O. The van der Waals surface area contributed by atoms with E-state index in [1.165, 1.54) is 17.2 Å². The molecule has 0 spiro atoms. The molecule has 0 radical (unpaired) electrons. The lowest BCUT2D eigenvalue weighted by molar-refractivity contribution is -0.137. The summed E-state index contributed by atoms with van der Waals surface area (Å²) in [5, 5.41) is 2.55. The van der Waals surface area contributed by atoms with Gasteiger partial charge < -0.3 is 5.32 Å². The Bertz CT molecular complexity index is 1070. The molecule has 2 aromatic carbocycles. The first kappa shape index (κ1) is 22.3. The third kappa shape index (κ3) is 5.02. The molecule has 0 aromatic heterocycles. The lowest BCUT2D eigenvalue weighted by atomic mass is 10.0. The Morgan fingerprint density at radius 3 is 2.65 bits per heavy atom. The van der Waals surface area contributed by atoms with Crippen molar-refractivity contribution in [3.8, 4) is 0 Å². The smallest absolute Gasteiger partial charge is 0.307 e. The van der Waals surface area contributed by atoms with Gasteiger partial charge in [-0.3, -0.25) is 9.89 Å². The fourth-order valence-electron chi connectivity index (χ4n) is 3.37. The van der Waals surface area contributed by atoms with Crippen molar-refractivity contribution in [2.75, 3.05) is 10.2 Å². The number of nitrogens with zero attached hydrogens (tertiary/aromatic N) is 2. The predicted molar refractivity (Wildman–Crippen MR) is 114 cm³/mol. The van der Waals surface area contributed by atoms with E-state index in [2.05, 4.69) is 23.5 Å². The van der Waals surface area contributed by atoms with E-state index in [1.807, 2.05) is 25.1 Å². The second kappa shape index (κ2) is 8.75. The molecule has 0 saturated carbocycles. The van der Waals surface area contributed by atoms with Crippen molar-refractivity contribution in [1.82, 2.24) is 0 Å². The highest BCUT2D eigenvalue weighted by molar-refractivity contribution is 6.05. The maximum absolute atomic E-state index is 13.5. The van der Waals surface area contributed by atoms with Crippen LogP contribution < -0.4 is 10.2 Å². The molecule has 3 rings (SSSR count). The summed E-state index contributed by atoms with van der Waals surface area (Å²) in [5.41, 5.74) is 2.41. The highest BCUT2D eigenvalue weighted by atomic mass is 19.4. The largest absolute Gasteiger partial charge is 0.416 e. The van der Waals surface area contributed by atoms with Crippen molar-refractivity contribution < 1.29 is 22.4 Å². The third-order valence-corrected chi connectivity index (χ3v) is 5.03. The number of hydrogen-bond donors (Lipinski definition) is 1. The summed E-state index contributed by atoms with van der Waals surface area (Å²) in [5.74, 6) is -0.627. The average molecular weight is 431 g/mol. The van der Waals surface area contributed by atoms with Crippen LogP contribution >= 0.6 is 0 Å². The van der Waals surface area contributed by atoms with Gasteiger partial charge in [0.15, 0.2) is 0 Å². The van der Waals surface area contributed by atoms with Gasteiger partial charge in [-0.15, -0.1) is 0 Å². The van der Waals surface area contributed by atoms with Crippen molar-refractivity contribution in [1.29, 1.82) is 0 Å². The molecule has 0 unspecified atom stereocenters. The zero-order valence-electron chi connectivity index (χ0n) is 16.9. The van der Waals surface area contributed by atoms with Gasteiger partial charge in [-0.25, -0.2) is 9.18 Å². The van der Waals surface area contributed by atoms with Gasteiger partial charge in [0.05, 0.1) is 17.8 Å². The van der Waals surface area contributed by atoms with Gasteiger partial charge in [0.25, 0.3) is 0 Å². The van der Waals surface area contributed by atoms with Crippen LogP contribution in [0, 0.1) is 6.92 Å². The summed E-state index contributed by atoms with van der Waals surface area (Å²) in [6.45, 7) is 8.70. The van der Waals surface area contributed by atoms with Crippen LogP contribution in [0.4, 0.5) is 33.7 Å². The number of carbonyl (C=O) groups is 1. The van der Waals surface area contributed by atoms with E-state index in [4.69, 9.17) is 0 Å². The SMILES string of the molecule is C=CN=C(CCc1ccc(C)c(N2Cc3ccc(C(F)(F)F)cc3NC2=O)c1)C(=C)F. The highest BCUT2D eigenvalue weighted by Crippen LogP contribution is 2.35. The fourth-order valence-corrected chi connectivity index (χ4v) is 3.37. The molecule has 0 atom stereocenters. The van der Waals surface area contributed by atoms with Crippen LogP contribution in [0.3, 0.4) is 0 Å². The van der Waals surface area contributed by atoms with Crippen molar-refractivity contribution in [2.45, 2.75) is 32.5 Å². The van der Waals surface area contributed by atoms with Crippen molar-refractivity contribution in [3.05, 3.63) is 83.8 Å². The number of benzene rings is 2. The molecular weight excluding hydrogens is 410 g/mol. The quantitative estimate of drug-likeness (QED) is 0.408. The van der Waals surface area contributed by atoms with Gasteiger partial charge in [-0.1, -0.05) is 31.4 Å². The topological polar surface area (TPSA) is 44.7 Å². The highest BCUT2D eigenvalue weighted by Gasteiger charge is 2.33. The van der Waals surface area contributed by atoms with Gasteiger partial charge >= 0.3 is 12.2 Å². The van der Waals surface area contributed by atoms with Gasteiger partial charge in [0, 0.05) is 17.6 Å². The monoisotopic (exact) mass is 431 g/mol. The van der Waals surface area contributed by atoms with E-state index in [1.54, 1.807) is 0 Å². The van der Waals surface area contributed by atoms with E-state index in [0.717, 1.165) is 23.3 Å². The molecule has 8 heteroatoms. The first-order valence-electron chi connectivity index (χ1n) is 9.50. The molecule has 4 nitrogen and oxygen atoms in total. The molecule has 1 N–H and O–H groups in total. The summed E-state index contributed by atoms with van der Waals surface area (Å²) >= 11 is 0. The summed E-state index contributed by atoms with van der Waals surface area (Å²) in [6.07, 6.45) is -2.47. The molecule has 2 aromatic rings. The second-order valence-corrected chi connectivity index (χ2v) is 7.17. The maximum Gasteiger partial charge on any atom is 0.416 e. The van der Waals surface area contributed by atoms with Crippen LogP contribution in [0.5, 0.6) is 0 Å². The number of nitrogens with one attached hydrogen (secondary N) is 1. The van der Waals surface area contributed by atoms with Gasteiger partial charge in [-0.2, -0.15) is 13.2 Å². The number of anilines is 2. The zero-order valence-corrected chi connectivity index (χ0v) is 16.9. The lowest BCUT2D eigenvalue weighted by Crippen LogP contribution is -2.39. The van der Waals surface area contributed by atoms with Crippen LogP contribution in [0.25, 0.3) is 0 Å². The molecule has 1 aliphatic rings. The van der Waals surface area contributed by atoms with Crippen LogP contribution in [0.2, 0.25) is 0 Å². The zero-order chi connectivity index (χ0) is 22.8. The molecule has 1 aliphatic heterocycles. The number of urea groups is 1. The number of alkyl halides is 3. The third-order valence-electron chi connectivity index (χ3n) is 5.03. The first-order valence-corrected chi connectivity index (χ1v) is 9.50. The molecule has 31 heavy (non-hydrogen) atoms. The van der Waals surface area contributed by atoms with Gasteiger partial charge in [-0.05, 0) is 54.7 Å². The molecule has 0 bridgehead atoms. The van der Waals surface area contributed by atoms with Crippen LogP contribution in [0.15, 0.2) is 66.6 Å². The second-order valence-electron chi connectivity index (χ2n) is 7.17. The Kier molecular flexibility index (Phi) is 6.29. The van der Waals surface area contributed by atoms with E-state index in [-0.39, 0.29) is 17.9 Å². The number of carbonyl (C=O) groups excluding carboxylic acids is 1. The number of allylic oxidation sites excluding steroid dienone is 1. The van der Waals surface area contributed by atoms with Crippen LogP contribution in [0.1, 0.15) is 28.7 Å². The fraction of sp³-hybridized carbons (Fsp3) is 0.217. The number of aliphatic imine (C=N–C) groups is 1. The van der Waals surface area contributed by atoms with Gasteiger partial charge in [0.2, 0.25) is 0 Å². The Hall–Kier alpha value is -3.42. The molecule has 162 valence electrons. The Balaban J connectivity index is 1.85. The minimum atomic E-state index is -4.49. The summed E-state index contributed by atoms with van der Waals surface area (Å²) in [7, 11) is 0. The van der Waals surface area contributed by atoms with Gasteiger partial charge in [0.1, 0.15) is 5.83 Å². The minimum absolute atomic E-state index is 0.133. The number of hydrogen-bond acceptors (Lipinski definition) is 2. The standard InChI is InChI=1S/C23H21F4N3O/c1-4-28-19(15(3)24)10-7-16-6-5-14(2)21(11-16)30-13-17-8-9-18(23(25,26)27)12-20(17)29-22(30)31/h4-6,8-9,11-12H,1,3,7,10,13H2,2H3,(H,29,31). The molecule has 0 fully saturated rings. The maximum atomic E-state index is 13.5. The minimum Gasteiger partial charge on any atom is -0.307 e. The molecule has 0 aliphatic carbocycles. The Morgan fingerprint density at radius 1 is 1.26 bits per heavy atom. The molecule has 1 heterocycles. The average Bonchev–Trinajstić information content (AvgIpc) is 2.70. The van der Waals surface area contributed by atoms with E-state index < -0.39 is 23.6 Å². The number of aryl methyl sites for hydroxylation is 2. The lowest BCUT2D eigenvalue weighted by Gasteiger charge is -2.31. The molecule has 2 amide bonds. The molecule has 0 saturated heterocycles. The summed E-state index contributed by atoms with van der Waals surface area (Å²) in [6, 6.07) is 8.33.